The molecule has 3 aromatic rings. The fourth-order valence-electron chi connectivity index (χ4n) is 3.67. The molecule has 0 spiro atoms. The van der Waals surface area contributed by atoms with Gasteiger partial charge in [0.25, 0.3) is 15.9 Å². The molecular weight excluding hydrogens is 424 g/mol. The Morgan fingerprint density at radius 2 is 1.69 bits per heavy atom. The molecule has 3 aromatic carbocycles. The zero-order valence-electron chi connectivity index (χ0n) is 18.1. The number of amides is 1. The minimum atomic E-state index is -3.86. The number of hydrogen-bond donors (Lipinski definition) is 1. The van der Waals surface area contributed by atoms with Gasteiger partial charge in [-0.2, -0.15) is 0 Å². The highest BCUT2D eigenvalue weighted by atomic mass is 32.2. The van der Waals surface area contributed by atoms with Crippen molar-refractivity contribution in [2.45, 2.75) is 30.8 Å². The first kappa shape index (κ1) is 21.9. The molecule has 1 heterocycles. The number of aryl methyl sites for hydroxylation is 1. The van der Waals surface area contributed by atoms with Crippen molar-refractivity contribution in [1.82, 2.24) is 5.32 Å². The van der Waals surface area contributed by atoms with Crippen molar-refractivity contribution in [2.24, 2.45) is 0 Å². The molecule has 4 rings (SSSR count). The third-order valence-corrected chi connectivity index (χ3v) is 7.38. The van der Waals surface area contributed by atoms with E-state index in [-0.39, 0.29) is 23.3 Å². The average molecular weight is 451 g/mol. The van der Waals surface area contributed by atoms with Crippen LogP contribution in [0.4, 0.5) is 5.69 Å². The number of benzene rings is 3. The van der Waals surface area contributed by atoms with Crippen LogP contribution in [0.15, 0.2) is 83.8 Å². The lowest BCUT2D eigenvalue weighted by atomic mass is 10.0. The molecule has 0 aromatic heterocycles. The van der Waals surface area contributed by atoms with Gasteiger partial charge in [0.05, 0.1) is 17.1 Å². The molecule has 1 amide bonds. The molecule has 6 nitrogen and oxygen atoms in total. The van der Waals surface area contributed by atoms with E-state index in [0.717, 1.165) is 11.1 Å². The summed E-state index contributed by atoms with van der Waals surface area (Å²) in [6.07, 6.45) is -0.951. The molecule has 0 saturated carbocycles. The van der Waals surface area contributed by atoms with Crippen LogP contribution in [0.1, 0.15) is 24.0 Å². The first-order valence-corrected chi connectivity index (χ1v) is 12.0. The summed E-state index contributed by atoms with van der Waals surface area (Å²) < 4.78 is 34.0. The largest absolute Gasteiger partial charge is 0.476 e. The quantitative estimate of drug-likeness (QED) is 0.619. The second-order valence-electron chi connectivity index (χ2n) is 7.98. The van der Waals surface area contributed by atoms with Crippen LogP contribution in [0.5, 0.6) is 5.75 Å². The Hall–Kier alpha value is -3.32. The van der Waals surface area contributed by atoms with E-state index in [1.54, 1.807) is 48.5 Å². The standard InChI is InChI=1S/C25H26N2O4S/c1-18-12-14-21(15-13-18)32(29,30)27-17-24(31-23-11-7-6-10-22(23)27)25(28)26-16-19(2)20-8-4-3-5-9-20/h3-15,19,24H,16-17H2,1-2H3,(H,26,28). The molecule has 2 atom stereocenters. The highest BCUT2D eigenvalue weighted by Crippen LogP contribution is 2.36. The topological polar surface area (TPSA) is 75.7 Å². The maximum Gasteiger partial charge on any atom is 0.264 e. The van der Waals surface area contributed by atoms with Crippen LogP contribution in [0, 0.1) is 6.92 Å². The van der Waals surface area contributed by atoms with E-state index in [9.17, 15) is 13.2 Å². The van der Waals surface area contributed by atoms with E-state index in [1.807, 2.05) is 44.2 Å². The predicted octanol–water partition coefficient (Wildman–Crippen LogP) is 3.87. The zero-order valence-corrected chi connectivity index (χ0v) is 18.9. The smallest absolute Gasteiger partial charge is 0.264 e. The SMILES string of the molecule is Cc1ccc(S(=O)(=O)N2CC(C(=O)NCC(C)c3ccccc3)Oc3ccccc32)cc1. The molecule has 1 N–H and O–H groups in total. The number of para-hydroxylation sites is 2. The third-order valence-electron chi connectivity index (χ3n) is 5.59. The van der Waals surface area contributed by atoms with E-state index < -0.39 is 16.1 Å². The van der Waals surface area contributed by atoms with Gasteiger partial charge in [-0.1, -0.05) is 67.1 Å². The Kier molecular flexibility index (Phi) is 6.19. The molecule has 0 aliphatic carbocycles. The number of carbonyl (C=O) groups excluding carboxylic acids is 1. The van der Waals surface area contributed by atoms with E-state index in [1.165, 1.54) is 4.31 Å². The van der Waals surface area contributed by atoms with Crippen molar-refractivity contribution in [3.05, 3.63) is 90.0 Å². The molecule has 2 unspecified atom stereocenters. The van der Waals surface area contributed by atoms with Crippen LogP contribution < -0.4 is 14.4 Å². The average Bonchev–Trinajstić information content (AvgIpc) is 2.82. The maximum absolute atomic E-state index is 13.4. The van der Waals surface area contributed by atoms with Gasteiger partial charge < -0.3 is 10.1 Å². The van der Waals surface area contributed by atoms with Gasteiger partial charge in [0, 0.05) is 6.54 Å². The maximum atomic E-state index is 13.4. The number of fused-ring (bicyclic) bond motifs is 1. The number of hydrogen-bond acceptors (Lipinski definition) is 4. The number of rotatable bonds is 6. The second kappa shape index (κ2) is 9.04. The van der Waals surface area contributed by atoms with E-state index in [0.29, 0.717) is 18.0 Å². The molecule has 1 aliphatic heterocycles. The van der Waals surface area contributed by atoms with Crippen molar-refractivity contribution in [3.8, 4) is 5.75 Å². The number of sulfonamides is 1. The highest BCUT2D eigenvalue weighted by Gasteiger charge is 2.37. The Balaban J connectivity index is 1.55. The number of carbonyl (C=O) groups is 1. The molecular formula is C25H26N2O4S. The van der Waals surface area contributed by atoms with E-state index in [2.05, 4.69) is 5.32 Å². The lowest BCUT2D eigenvalue weighted by molar-refractivity contribution is -0.127. The van der Waals surface area contributed by atoms with Gasteiger partial charge in [0.1, 0.15) is 5.75 Å². The van der Waals surface area contributed by atoms with Crippen molar-refractivity contribution in [3.63, 3.8) is 0 Å². The van der Waals surface area contributed by atoms with Gasteiger partial charge in [0.15, 0.2) is 6.10 Å². The summed E-state index contributed by atoms with van der Waals surface area (Å²) in [5.41, 5.74) is 2.51. The van der Waals surface area contributed by atoms with Crippen LogP contribution in [-0.2, 0) is 14.8 Å². The lowest BCUT2D eigenvalue weighted by Crippen LogP contribution is -2.51. The van der Waals surface area contributed by atoms with Gasteiger partial charge in [0.2, 0.25) is 0 Å². The molecule has 0 bridgehead atoms. The third kappa shape index (κ3) is 4.48. The first-order valence-electron chi connectivity index (χ1n) is 10.5. The molecule has 32 heavy (non-hydrogen) atoms. The number of nitrogens with zero attached hydrogens (tertiary/aromatic N) is 1. The van der Waals surface area contributed by atoms with Gasteiger partial charge >= 0.3 is 0 Å². The summed E-state index contributed by atoms with van der Waals surface area (Å²) in [4.78, 5) is 13.1. The molecule has 0 saturated heterocycles. The van der Waals surface area contributed by atoms with Crippen molar-refractivity contribution >= 4 is 21.6 Å². The normalized spacial score (nSPS) is 16.6. The summed E-state index contributed by atoms with van der Waals surface area (Å²) in [6, 6.07) is 23.5. The van der Waals surface area contributed by atoms with Gasteiger partial charge in [-0.3, -0.25) is 9.10 Å². The monoisotopic (exact) mass is 450 g/mol. The minimum absolute atomic E-state index is 0.0984. The van der Waals surface area contributed by atoms with E-state index >= 15 is 0 Å². The molecule has 0 radical (unpaired) electrons. The number of nitrogens with one attached hydrogen (secondary N) is 1. The first-order chi connectivity index (χ1) is 15.4. The zero-order chi connectivity index (χ0) is 22.7. The number of anilines is 1. The van der Waals surface area contributed by atoms with Crippen LogP contribution in [0.2, 0.25) is 0 Å². The molecule has 7 heteroatoms. The fourth-order valence-corrected chi connectivity index (χ4v) is 5.15. The molecule has 0 fully saturated rings. The Morgan fingerprint density at radius 3 is 2.41 bits per heavy atom. The van der Waals surface area contributed by atoms with Gasteiger partial charge in [-0.25, -0.2) is 8.42 Å². The van der Waals surface area contributed by atoms with Crippen molar-refractivity contribution in [2.75, 3.05) is 17.4 Å². The summed E-state index contributed by atoms with van der Waals surface area (Å²) in [7, 11) is -3.86. The summed E-state index contributed by atoms with van der Waals surface area (Å²) in [5, 5.41) is 2.92. The van der Waals surface area contributed by atoms with Crippen LogP contribution >= 0.6 is 0 Å². The van der Waals surface area contributed by atoms with Gasteiger partial charge in [-0.15, -0.1) is 0 Å². The highest BCUT2D eigenvalue weighted by molar-refractivity contribution is 7.92. The van der Waals surface area contributed by atoms with Crippen LogP contribution in [0.25, 0.3) is 0 Å². The Labute approximate surface area is 188 Å². The van der Waals surface area contributed by atoms with Crippen molar-refractivity contribution in [1.29, 1.82) is 0 Å². The summed E-state index contributed by atoms with van der Waals surface area (Å²) in [5.74, 6) is 0.139. The molecule has 166 valence electrons. The predicted molar refractivity (Wildman–Crippen MR) is 124 cm³/mol. The summed E-state index contributed by atoms with van der Waals surface area (Å²) in [6.45, 7) is 4.26. The Bertz CT molecular complexity index is 1190. The number of ether oxygens (including phenoxy) is 1. The van der Waals surface area contributed by atoms with Crippen LogP contribution in [-0.4, -0.2) is 33.5 Å². The van der Waals surface area contributed by atoms with Gasteiger partial charge in [-0.05, 0) is 42.7 Å². The van der Waals surface area contributed by atoms with Crippen molar-refractivity contribution < 1.29 is 17.9 Å². The van der Waals surface area contributed by atoms with E-state index in [4.69, 9.17) is 4.74 Å². The lowest BCUT2D eigenvalue weighted by Gasteiger charge is -2.34. The minimum Gasteiger partial charge on any atom is -0.476 e. The fraction of sp³-hybridized carbons (Fsp3) is 0.240. The second-order valence-corrected chi connectivity index (χ2v) is 9.84. The Morgan fingerprint density at radius 1 is 1.03 bits per heavy atom. The van der Waals surface area contributed by atoms with Crippen LogP contribution in [0.3, 0.4) is 0 Å². The molecule has 1 aliphatic rings. The summed E-state index contributed by atoms with van der Waals surface area (Å²) >= 11 is 0.